The van der Waals surface area contributed by atoms with Crippen LogP contribution < -0.4 is 0 Å². The molecule has 0 spiro atoms. The first-order chi connectivity index (χ1) is 10.8. The molecule has 23 heavy (non-hydrogen) atoms. The van der Waals surface area contributed by atoms with E-state index in [0.717, 1.165) is 11.1 Å². The fourth-order valence-electron chi connectivity index (χ4n) is 2.08. The molecule has 0 aliphatic heterocycles. The molecule has 120 valence electrons. The van der Waals surface area contributed by atoms with E-state index >= 15 is 0 Å². The summed E-state index contributed by atoms with van der Waals surface area (Å²) >= 11 is 11.7. The van der Waals surface area contributed by atoms with Gasteiger partial charge in [-0.2, -0.15) is 0 Å². The van der Waals surface area contributed by atoms with Gasteiger partial charge in [-0.15, -0.1) is 0 Å². The van der Waals surface area contributed by atoms with E-state index in [4.69, 9.17) is 27.9 Å². The number of benzene rings is 2. The molecule has 0 heterocycles. The molecule has 0 bridgehead atoms. The second-order valence-electron chi connectivity index (χ2n) is 5.37. The monoisotopic (exact) mass is 350 g/mol. The van der Waals surface area contributed by atoms with Crippen molar-refractivity contribution in [3.63, 3.8) is 0 Å². The van der Waals surface area contributed by atoms with Crippen LogP contribution in [0.5, 0.6) is 0 Å². The first-order valence-electron chi connectivity index (χ1n) is 7.06. The Labute approximate surface area is 145 Å². The summed E-state index contributed by atoms with van der Waals surface area (Å²) in [6.45, 7) is 5.44. The van der Waals surface area contributed by atoms with Gasteiger partial charge in [0.05, 0.1) is 5.56 Å². The Bertz CT molecular complexity index is 749. The molecule has 2 aromatic rings. The largest absolute Gasteiger partial charge is 0.451 e. The first kappa shape index (κ1) is 17.5. The summed E-state index contributed by atoms with van der Waals surface area (Å²) in [7, 11) is 0. The third kappa shape index (κ3) is 4.34. The van der Waals surface area contributed by atoms with E-state index in [9.17, 15) is 9.59 Å². The lowest BCUT2D eigenvalue weighted by Crippen LogP contribution is -2.24. The highest BCUT2D eigenvalue weighted by molar-refractivity contribution is 6.35. The number of carbonyl (C=O) groups is 2. The highest BCUT2D eigenvalue weighted by Gasteiger charge is 2.21. The fraction of sp³-hybridized carbons (Fsp3) is 0.222. The lowest BCUT2D eigenvalue weighted by Gasteiger charge is -2.13. The van der Waals surface area contributed by atoms with E-state index in [1.165, 1.54) is 18.2 Å². The molecule has 0 saturated heterocycles. The van der Waals surface area contributed by atoms with Crippen LogP contribution in [0, 0.1) is 13.8 Å². The van der Waals surface area contributed by atoms with Gasteiger partial charge in [-0.25, -0.2) is 4.79 Å². The summed E-state index contributed by atoms with van der Waals surface area (Å²) in [4.78, 5) is 24.5. The van der Waals surface area contributed by atoms with Crippen LogP contribution in [0.4, 0.5) is 0 Å². The predicted octanol–water partition coefficient (Wildman–Crippen LogP) is 5.04. The van der Waals surface area contributed by atoms with Crippen molar-refractivity contribution in [2.75, 3.05) is 0 Å². The van der Waals surface area contributed by atoms with Crippen LogP contribution in [-0.2, 0) is 4.74 Å². The van der Waals surface area contributed by atoms with Crippen LogP contribution in [0.1, 0.15) is 38.8 Å². The van der Waals surface area contributed by atoms with Crippen molar-refractivity contribution in [2.45, 2.75) is 26.9 Å². The zero-order chi connectivity index (χ0) is 17.1. The number of ketones is 1. The molecule has 0 amide bonds. The molecule has 0 fully saturated rings. The van der Waals surface area contributed by atoms with E-state index < -0.39 is 12.1 Å². The average molecular weight is 351 g/mol. The Morgan fingerprint density at radius 2 is 1.52 bits per heavy atom. The predicted molar refractivity (Wildman–Crippen MR) is 91.6 cm³/mol. The quantitative estimate of drug-likeness (QED) is 0.573. The maximum absolute atomic E-state index is 12.4. The van der Waals surface area contributed by atoms with Crippen LogP contribution >= 0.6 is 23.2 Å². The van der Waals surface area contributed by atoms with E-state index in [2.05, 4.69) is 0 Å². The fourth-order valence-corrected chi connectivity index (χ4v) is 2.61. The van der Waals surface area contributed by atoms with E-state index in [0.29, 0.717) is 15.6 Å². The minimum Gasteiger partial charge on any atom is -0.451 e. The minimum absolute atomic E-state index is 0.210. The Morgan fingerprint density at radius 1 is 0.913 bits per heavy atom. The molecule has 0 aliphatic carbocycles. The van der Waals surface area contributed by atoms with Crippen LogP contribution in [0.25, 0.3) is 0 Å². The van der Waals surface area contributed by atoms with Crippen LogP contribution in [-0.4, -0.2) is 17.9 Å². The Balaban J connectivity index is 2.14. The van der Waals surface area contributed by atoms with Crippen LogP contribution in [0.2, 0.25) is 10.0 Å². The van der Waals surface area contributed by atoms with Gasteiger partial charge in [-0.1, -0.05) is 35.3 Å². The molecule has 0 aliphatic rings. The number of rotatable bonds is 4. The second kappa shape index (κ2) is 7.16. The number of hydrogen-bond acceptors (Lipinski definition) is 3. The number of carbonyl (C=O) groups excluding carboxylic acids is 2. The number of halogens is 2. The van der Waals surface area contributed by atoms with Gasteiger partial charge in [0.25, 0.3) is 0 Å². The number of Topliss-reactive ketones (excluding diaryl/α,β-unsaturated/α-hetero) is 1. The third-order valence-corrected chi connectivity index (χ3v) is 3.98. The van der Waals surface area contributed by atoms with Crippen molar-refractivity contribution in [3.05, 3.63) is 68.7 Å². The van der Waals surface area contributed by atoms with Crippen molar-refractivity contribution < 1.29 is 14.3 Å². The molecule has 0 aromatic heterocycles. The lowest BCUT2D eigenvalue weighted by atomic mass is 10.0. The van der Waals surface area contributed by atoms with Crippen molar-refractivity contribution in [1.82, 2.24) is 0 Å². The van der Waals surface area contributed by atoms with Crippen LogP contribution in [0.15, 0.2) is 36.4 Å². The van der Waals surface area contributed by atoms with E-state index in [1.54, 1.807) is 19.1 Å². The van der Waals surface area contributed by atoms with Crippen LogP contribution in [0.3, 0.4) is 0 Å². The van der Waals surface area contributed by atoms with Gasteiger partial charge >= 0.3 is 5.97 Å². The molecule has 5 heteroatoms. The topological polar surface area (TPSA) is 43.4 Å². The Kier molecular flexibility index (Phi) is 5.45. The summed E-state index contributed by atoms with van der Waals surface area (Å²) in [6, 6.07) is 9.80. The molecule has 1 atom stereocenters. The summed E-state index contributed by atoms with van der Waals surface area (Å²) in [5.74, 6) is -0.895. The van der Waals surface area contributed by atoms with Gasteiger partial charge < -0.3 is 4.74 Å². The molecule has 0 saturated carbocycles. The summed E-state index contributed by atoms with van der Waals surface area (Å²) in [5.41, 5.74) is 2.83. The molecule has 0 radical (unpaired) electrons. The van der Waals surface area contributed by atoms with E-state index in [-0.39, 0.29) is 11.3 Å². The minimum atomic E-state index is -0.901. The summed E-state index contributed by atoms with van der Waals surface area (Å²) < 4.78 is 5.23. The number of aryl methyl sites for hydroxylation is 2. The maximum Gasteiger partial charge on any atom is 0.338 e. The van der Waals surface area contributed by atoms with Crippen molar-refractivity contribution >= 4 is 35.0 Å². The lowest BCUT2D eigenvalue weighted by molar-refractivity contribution is 0.0319. The van der Waals surface area contributed by atoms with Gasteiger partial charge in [0.15, 0.2) is 6.10 Å². The number of esters is 1. The zero-order valence-corrected chi connectivity index (χ0v) is 14.5. The zero-order valence-electron chi connectivity index (χ0n) is 13.0. The van der Waals surface area contributed by atoms with Gasteiger partial charge in [0.1, 0.15) is 0 Å². The van der Waals surface area contributed by atoms with Gasteiger partial charge in [-0.05, 0) is 56.2 Å². The summed E-state index contributed by atoms with van der Waals surface area (Å²) in [5, 5.41) is 0.662. The molecule has 0 unspecified atom stereocenters. The first-order valence-corrected chi connectivity index (χ1v) is 7.82. The molecule has 3 nitrogen and oxygen atoms in total. The summed E-state index contributed by atoms with van der Waals surface area (Å²) in [6.07, 6.45) is -0.901. The molecular formula is C18H16Cl2O3. The normalized spacial score (nSPS) is 11.9. The maximum atomic E-state index is 12.4. The third-order valence-electron chi connectivity index (χ3n) is 3.54. The second-order valence-corrected chi connectivity index (χ2v) is 6.24. The molecule has 2 aromatic carbocycles. The molecule has 2 rings (SSSR count). The highest BCUT2D eigenvalue weighted by atomic mass is 35.5. The van der Waals surface area contributed by atoms with Crippen molar-refractivity contribution in [2.24, 2.45) is 0 Å². The highest BCUT2D eigenvalue weighted by Crippen LogP contribution is 2.20. The van der Waals surface area contributed by atoms with Gasteiger partial charge in [0, 0.05) is 15.6 Å². The Hall–Kier alpha value is -1.84. The van der Waals surface area contributed by atoms with Crippen molar-refractivity contribution in [1.29, 1.82) is 0 Å². The molecule has 0 N–H and O–H groups in total. The van der Waals surface area contributed by atoms with Gasteiger partial charge in [0.2, 0.25) is 5.78 Å². The SMILES string of the molecule is Cc1ccc(C(=O)[C@@H](C)OC(=O)c2cc(Cl)cc(Cl)c2)cc1C. The Morgan fingerprint density at radius 3 is 2.09 bits per heavy atom. The average Bonchev–Trinajstić information content (AvgIpc) is 2.48. The number of ether oxygens (including phenoxy) is 1. The molecular weight excluding hydrogens is 335 g/mol. The van der Waals surface area contributed by atoms with Gasteiger partial charge in [-0.3, -0.25) is 4.79 Å². The van der Waals surface area contributed by atoms with Crippen molar-refractivity contribution in [3.8, 4) is 0 Å². The standard InChI is InChI=1S/C18H16Cl2O3/c1-10-4-5-13(6-11(10)2)17(21)12(3)23-18(22)14-7-15(19)9-16(20)8-14/h4-9,12H,1-3H3/t12-/m1/s1. The number of hydrogen-bond donors (Lipinski definition) is 0. The van der Waals surface area contributed by atoms with E-state index in [1.807, 2.05) is 19.9 Å². The smallest absolute Gasteiger partial charge is 0.338 e.